The molecule has 0 bridgehead atoms. The minimum Gasteiger partial charge on any atom is -0.367 e. The number of fused-ring (bicyclic) bond motifs is 1. The van der Waals surface area contributed by atoms with Crippen molar-refractivity contribution in [2.45, 2.75) is 33.2 Å². The molecule has 3 heteroatoms. The first kappa shape index (κ1) is 13.4. The van der Waals surface area contributed by atoms with Crippen molar-refractivity contribution in [2.75, 3.05) is 11.4 Å². The van der Waals surface area contributed by atoms with Crippen molar-refractivity contribution in [1.82, 2.24) is 4.98 Å². The van der Waals surface area contributed by atoms with Crippen LogP contribution in [-0.2, 0) is 0 Å². The third-order valence-electron chi connectivity index (χ3n) is 3.22. The number of nitrogens with zero attached hydrogens (tertiary/aromatic N) is 3. The molecule has 0 aliphatic carbocycles. The van der Waals surface area contributed by atoms with Crippen LogP contribution in [0, 0.1) is 18.3 Å². The molecular weight excluding hydrogens is 234 g/mol. The van der Waals surface area contributed by atoms with Crippen LogP contribution < -0.4 is 4.90 Å². The van der Waals surface area contributed by atoms with Gasteiger partial charge in [-0.1, -0.05) is 18.2 Å². The standard InChI is InChI=1S/C16H19N3/c1-12(2)19(10-6-9-17)16-11-13(3)18-15-8-5-4-7-14(15)16/h4-5,7-8,11-12H,6,10H2,1-3H3. The van der Waals surface area contributed by atoms with E-state index in [1.165, 1.54) is 5.69 Å². The number of aromatic nitrogens is 1. The number of nitriles is 1. The summed E-state index contributed by atoms with van der Waals surface area (Å²) in [5.41, 5.74) is 3.20. The van der Waals surface area contributed by atoms with Gasteiger partial charge in [-0.05, 0) is 32.9 Å². The first-order chi connectivity index (χ1) is 9.13. The maximum Gasteiger partial charge on any atom is 0.0726 e. The average Bonchev–Trinajstić information content (AvgIpc) is 2.38. The van der Waals surface area contributed by atoms with Crippen molar-refractivity contribution in [2.24, 2.45) is 0 Å². The number of aryl methyl sites for hydroxylation is 1. The Bertz CT molecular complexity index is 611. The van der Waals surface area contributed by atoms with Crippen LogP contribution in [0.2, 0.25) is 0 Å². The maximum atomic E-state index is 8.82. The summed E-state index contributed by atoms with van der Waals surface area (Å²) in [6, 6.07) is 12.9. The highest BCUT2D eigenvalue weighted by atomic mass is 15.2. The van der Waals surface area contributed by atoms with E-state index >= 15 is 0 Å². The summed E-state index contributed by atoms with van der Waals surface area (Å²) in [6.45, 7) is 7.07. The van der Waals surface area contributed by atoms with E-state index in [1.807, 2.05) is 25.1 Å². The summed E-state index contributed by atoms with van der Waals surface area (Å²) in [4.78, 5) is 6.84. The van der Waals surface area contributed by atoms with Gasteiger partial charge in [0.1, 0.15) is 0 Å². The van der Waals surface area contributed by atoms with E-state index in [2.05, 4.69) is 41.9 Å². The molecule has 1 heterocycles. The van der Waals surface area contributed by atoms with Gasteiger partial charge in [-0.3, -0.25) is 4.98 Å². The molecule has 0 saturated heterocycles. The second-order valence-corrected chi connectivity index (χ2v) is 5.00. The monoisotopic (exact) mass is 253 g/mol. The molecule has 0 spiro atoms. The molecule has 0 aliphatic rings. The molecule has 2 rings (SSSR count). The van der Waals surface area contributed by atoms with Gasteiger partial charge in [-0.25, -0.2) is 0 Å². The summed E-state index contributed by atoms with van der Waals surface area (Å²) in [6.07, 6.45) is 0.536. The second kappa shape index (κ2) is 5.71. The van der Waals surface area contributed by atoms with Crippen LogP contribution in [0.25, 0.3) is 10.9 Å². The summed E-state index contributed by atoms with van der Waals surface area (Å²) in [7, 11) is 0. The van der Waals surface area contributed by atoms with E-state index in [4.69, 9.17) is 5.26 Å². The van der Waals surface area contributed by atoms with Crippen LogP contribution in [0.5, 0.6) is 0 Å². The number of anilines is 1. The molecule has 0 fully saturated rings. The van der Waals surface area contributed by atoms with Gasteiger partial charge in [-0.15, -0.1) is 0 Å². The highest BCUT2D eigenvalue weighted by molar-refractivity contribution is 5.92. The van der Waals surface area contributed by atoms with E-state index in [0.29, 0.717) is 12.5 Å². The Morgan fingerprint density at radius 3 is 2.74 bits per heavy atom. The molecule has 98 valence electrons. The van der Waals surface area contributed by atoms with Gasteiger partial charge in [-0.2, -0.15) is 5.26 Å². The zero-order valence-corrected chi connectivity index (χ0v) is 11.7. The van der Waals surface area contributed by atoms with Gasteiger partial charge >= 0.3 is 0 Å². The zero-order chi connectivity index (χ0) is 13.8. The first-order valence-corrected chi connectivity index (χ1v) is 6.63. The summed E-state index contributed by atoms with van der Waals surface area (Å²) >= 11 is 0. The number of hydrogen-bond acceptors (Lipinski definition) is 3. The fraction of sp³-hybridized carbons (Fsp3) is 0.375. The Morgan fingerprint density at radius 2 is 2.05 bits per heavy atom. The first-order valence-electron chi connectivity index (χ1n) is 6.63. The molecular formula is C16H19N3. The molecule has 1 aromatic carbocycles. The fourth-order valence-corrected chi connectivity index (χ4v) is 2.35. The Morgan fingerprint density at radius 1 is 1.32 bits per heavy atom. The van der Waals surface area contributed by atoms with Gasteiger partial charge in [0.25, 0.3) is 0 Å². The van der Waals surface area contributed by atoms with Crippen LogP contribution in [0.3, 0.4) is 0 Å². The molecule has 0 N–H and O–H groups in total. The SMILES string of the molecule is Cc1cc(N(CCC#N)C(C)C)c2ccccc2n1. The van der Waals surface area contributed by atoms with Crippen molar-refractivity contribution in [1.29, 1.82) is 5.26 Å². The lowest BCUT2D eigenvalue weighted by Gasteiger charge is -2.29. The Labute approximate surface area is 114 Å². The number of benzene rings is 1. The van der Waals surface area contributed by atoms with Crippen molar-refractivity contribution >= 4 is 16.6 Å². The lowest BCUT2D eigenvalue weighted by atomic mass is 10.1. The molecule has 0 aliphatic heterocycles. The quantitative estimate of drug-likeness (QED) is 0.834. The van der Waals surface area contributed by atoms with Crippen LogP contribution in [0.4, 0.5) is 5.69 Å². The fourth-order valence-electron chi connectivity index (χ4n) is 2.35. The van der Waals surface area contributed by atoms with Gasteiger partial charge in [0.2, 0.25) is 0 Å². The van der Waals surface area contributed by atoms with E-state index in [0.717, 1.165) is 23.1 Å². The largest absolute Gasteiger partial charge is 0.367 e. The molecule has 0 radical (unpaired) electrons. The Kier molecular flexibility index (Phi) is 4.01. The summed E-state index contributed by atoms with van der Waals surface area (Å²) in [5.74, 6) is 0. The Hall–Kier alpha value is -2.08. The maximum absolute atomic E-state index is 8.82. The van der Waals surface area contributed by atoms with E-state index < -0.39 is 0 Å². The zero-order valence-electron chi connectivity index (χ0n) is 11.7. The topological polar surface area (TPSA) is 39.9 Å². The van der Waals surface area contributed by atoms with Crippen LogP contribution >= 0.6 is 0 Å². The smallest absolute Gasteiger partial charge is 0.0726 e. The number of hydrogen-bond donors (Lipinski definition) is 0. The van der Waals surface area contributed by atoms with Crippen LogP contribution in [0.15, 0.2) is 30.3 Å². The van der Waals surface area contributed by atoms with Crippen molar-refractivity contribution in [3.8, 4) is 6.07 Å². The molecule has 1 aromatic heterocycles. The summed E-state index contributed by atoms with van der Waals surface area (Å²) in [5, 5.41) is 9.98. The molecule has 0 atom stereocenters. The number of rotatable bonds is 4. The lowest BCUT2D eigenvalue weighted by molar-refractivity contribution is 0.688. The minimum absolute atomic E-state index is 0.360. The molecule has 0 saturated carbocycles. The highest BCUT2D eigenvalue weighted by Crippen LogP contribution is 2.28. The molecule has 19 heavy (non-hydrogen) atoms. The summed E-state index contributed by atoms with van der Waals surface area (Å²) < 4.78 is 0. The van der Waals surface area contributed by atoms with Crippen LogP contribution in [-0.4, -0.2) is 17.6 Å². The highest BCUT2D eigenvalue weighted by Gasteiger charge is 2.14. The second-order valence-electron chi connectivity index (χ2n) is 5.00. The van der Waals surface area contributed by atoms with Gasteiger partial charge in [0.15, 0.2) is 0 Å². The normalized spacial score (nSPS) is 10.7. The van der Waals surface area contributed by atoms with Crippen molar-refractivity contribution in [3.05, 3.63) is 36.0 Å². The van der Waals surface area contributed by atoms with Crippen molar-refractivity contribution in [3.63, 3.8) is 0 Å². The van der Waals surface area contributed by atoms with Crippen LogP contribution in [0.1, 0.15) is 26.0 Å². The number of pyridine rings is 1. The third-order valence-corrected chi connectivity index (χ3v) is 3.22. The van der Waals surface area contributed by atoms with Gasteiger partial charge in [0.05, 0.1) is 18.0 Å². The van der Waals surface area contributed by atoms with Gasteiger partial charge in [0, 0.05) is 29.4 Å². The minimum atomic E-state index is 0.360. The van der Waals surface area contributed by atoms with E-state index in [1.54, 1.807) is 0 Å². The Balaban J connectivity index is 2.55. The predicted molar refractivity (Wildman–Crippen MR) is 79.2 cm³/mol. The molecule has 0 unspecified atom stereocenters. The predicted octanol–water partition coefficient (Wildman–Crippen LogP) is 3.67. The molecule has 0 amide bonds. The number of para-hydroxylation sites is 1. The van der Waals surface area contributed by atoms with E-state index in [9.17, 15) is 0 Å². The van der Waals surface area contributed by atoms with Gasteiger partial charge < -0.3 is 4.90 Å². The third kappa shape index (κ3) is 2.85. The molecule has 3 nitrogen and oxygen atoms in total. The average molecular weight is 253 g/mol. The van der Waals surface area contributed by atoms with E-state index in [-0.39, 0.29) is 0 Å². The van der Waals surface area contributed by atoms with Crippen molar-refractivity contribution < 1.29 is 0 Å². The molecule has 2 aromatic rings. The lowest BCUT2D eigenvalue weighted by Crippen LogP contribution is -2.31.